The van der Waals surface area contributed by atoms with E-state index in [2.05, 4.69) is 20.9 Å². The van der Waals surface area contributed by atoms with Gasteiger partial charge in [-0.05, 0) is 47.3 Å². The molecule has 2 heterocycles. The average Bonchev–Trinajstić information content (AvgIpc) is 3.36. The summed E-state index contributed by atoms with van der Waals surface area (Å²) in [6.07, 6.45) is 0.210. The molecule has 0 bridgehead atoms. The third kappa shape index (κ3) is 5.88. The van der Waals surface area contributed by atoms with Gasteiger partial charge in [-0.1, -0.05) is 18.2 Å². The Morgan fingerprint density at radius 1 is 1.12 bits per heavy atom. The number of nitrogens with one attached hydrogen (secondary N) is 3. The summed E-state index contributed by atoms with van der Waals surface area (Å²) in [5.41, 5.74) is 1.86. The molecule has 33 heavy (non-hydrogen) atoms. The molecule has 1 atom stereocenters. The van der Waals surface area contributed by atoms with Crippen LogP contribution in [0.1, 0.15) is 15.2 Å². The second kappa shape index (κ2) is 10.5. The molecule has 2 amide bonds. The Kier molecular flexibility index (Phi) is 7.21. The lowest BCUT2D eigenvalue weighted by molar-refractivity contribution is -0.118. The summed E-state index contributed by atoms with van der Waals surface area (Å²) in [5, 5.41) is 20.2. The number of phenols is 1. The predicted molar refractivity (Wildman–Crippen MR) is 127 cm³/mol. The van der Waals surface area contributed by atoms with E-state index < -0.39 is 17.8 Å². The summed E-state index contributed by atoms with van der Waals surface area (Å²) in [4.78, 5) is 28.6. The van der Waals surface area contributed by atoms with Gasteiger partial charge >= 0.3 is 0 Å². The number of halogens is 1. The second-order valence-electron chi connectivity index (χ2n) is 7.76. The highest BCUT2D eigenvalue weighted by Crippen LogP contribution is 2.28. The zero-order valence-corrected chi connectivity index (χ0v) is 18.7. The summed E-state index contributed by atoms with van der Waals surface area (Å²) >= 11 is 1.28. The number of anilines is 2. The minimum absolute atomic E-state index is 0.114. The topological polar surface area (TPSA) is 93.7 Å². The molecule has 0 radical (unpaired) electrons. The molecule has 1 unspecified atom stereocenters. The van der Waals surface area contributed by atoms with Crippen LogP contribution in [0, 0.1) is 5.82 Å². The quantitative estimate of drug-likeness (QED) is 0.428. The van der Waals surface area contributed by atoms with Crippen LogP contribution in [0.15, 0.2) is 60.0 Å². The molecule has 4 rings (SSSR count). The van der Waals surface area contributed by atoms with Gasteiger partial charge in [-0.15, -0.1) is 11.3 Å². The maximum atomic E-state index is 14.1. The van der Waals surface area contributed by atoms with E-state index in [0.29, 0.717) is 10.6 Å². The first kappa shape index (κ1) is 22.8. The fourth-order valence-electron chi connectivity index (χ4n) is 3.72. The van der Waals surface area contributed by atoms with Crippen molar-refractivity contribution in [2.45, 2.75) is 12.5 Å². The second-order valence-corrected chi connectivity index (χ2v) is 8.71. The average molecular weight is 469 g/mol. The maximum absolute atomic E-state index is 14.1. The van der Waals surface area contributed by atoms with Gasteiger partial charge in [-0.25, -0.2) is 4.39 Å². The van der Waals surface area contributed by atoms with E-state index in [4.69, 9.17) is 0 Å². The summed E-state index contributed by atoms with van der Waals surface area (Å²) in [7, 11) is 0. The molecule has 1 saturated heterocycles. The summed E-state index contributed by atoms with van der Waals surface area (Å²) in [6.45, 7) is 3.07. The monoisotopic (exact) mass is 468 g/mol. The van der Waals surface area contributed by atoms with E-state index in [1.54, 1.807) is 35.7 Å². The minimum Gasteiger partial charge on any atom is -0.508 e. The van der Waals surface area contributed by atoms with E-state index in [-0.39, 0.29) is 18.1 Å². The van der Waals surface area contributed by atoms with Gasteiger partial charge in [0.05, 0.1) is 16.3 Å². The third-order valence-corrected chi connectivity index (χ3v) is 6.29. The summed E-state index contributed by atoms with van der Waals surface area (Å²) in [6, 6.07) is 13.3. The number of carbonyl (C=O) groups excluding carboxylic acids is 2. The molecule has 9 heteroatoms. The van der Waals surface area contributed by atoms with Crippen molar-refractivity contribution >= 4 is 34.5 Å². The van der Waals surface area contributed by atoms with Crippen LogP contribution in [0.5, 0.6) is 5.75 Å². The van der Waals surface area contributed by atoms with E-state index >= 15 is 0 Å². The SMILES string of the molecule is O=C(NC(Cc1ccc(O)cc1)C(=O)Nc1cc(F)ccc1N1CCNCC1)c1cccs1. The molecule has 2 aromatic carbocycles. The number of amides is 2. The standard InChI is InChI=1S/C24H25FN4O3S/c25-17-5-8-21(29-11-9-26-10-12-29)19(15-17)27-23(31)20(14-16-3-6-18(30)7-4-16)28-24(32)22-2-1-13-33-22/h1-8,13,15,20,26,30H,9-12,14H2,(H,27,31)(H,28,32). The van der Waals surface area contributed by atoms with Gasteiger partial charge in [-0.2, -0.15) is 0 Å². The number of nitrogens with zero attached hydrogens (tertiary/aromatic N) is 1. The van der Waals surface area contributed by atoms with Crippen LogP contribution >= 0.6 is 11.3 Å². The van der Waals surface area contributed by atoms with E-state index in [9.17, 15) is 19.1 Å². The van der Waals surface area contributed by atoms with Crippen LogP contribution in [0.4, 0.5) is 15.8 Å². The predicted octanol–water partition coefficient (Wildman–Crippen LogP) is 2.98. The van der Waals surface area contributed by atoms with Gasteiger partial charge in [0.15, 0.2) is 0 Å². The Bertz CT molecular complexity index is 1100. The van der Waals surface area contributed by atoms with Crippen molar-refractivity contribution in [2.75, 3.05) is 36.4 Å². The zero-order chi connectivity index (χ0) is 23.2. The van der Waals surface area contributed by atoms with Crippen LogP contribution in [-0.4, -0.2) is 49.1 Å². The summed E-state index contributed by atoms with van der Waals surface area (Å²) < 4.78 is 14.1. The lowest BCUT2D eigenvalue weighted by Gasteiger charge is -2.31. The van der Waals surface area contributed by atoms with Gasteiger partial charge in [0.1, 0.15) is 17.6 Å². The van der Waals surface area contributed by atoms with Crippen LogP contribution in [0.25, 0.3) is 0 Å². The number of carbonyl (C=O) groups is 2. The van der Waals surface area contributed by atoms with Gasteiger partial charge in [0.2, 0.25) is 5.91 Å². The first-order chi connectivity index (χ1) is 16.0. The molecule has 4 N–H and O–H groups in total. The smallest absolute Gasteiger partial charge is 0.262 e. The van der Waals surface area contributed by atoms with Crippen LogP contribution in [-0.2, 0) is 11.2 Å². The Hall–Kier alpha value is -3.43. The molecule has 0 aliphatic carbocycles. The molecule has 1 fully saturated rings. The zero-order valence-electron chi connectivity index (χ0n) is 17.9. The number of piperazine rings is 1. The maximum Gasteiger partial charge on any atom is 0.262 e. The summed E-state index contributed by atoms with van der Waals surface area (Å²) in [5.74, 6) is -1.15. The van der Waals surface area contributed by atoms with E-state index in [1.807, 2.05) is 0 Å². The molecular weight excluding hydrogens is 443 g/mol. The number of rotatable bonds is 7. The molecule has 0 spiro atoms. The molecular formula is C24H25FN4O3S. The highest BCUT2D eigenvalue weighted by molar-refractivity contribution is 7.12. The first-order valence-corrected chi connectivity index (χ1v) is 11.6. The molecule has 7 nitrogen and oxygen atoms in total. The van der Waals surface area contributed by atoms with Crippen molar-refractivity contribution < 1.29 is 19.1 Å². The van der Waals surface area contributed by atoms with Gasteiger partial charge in [0.25, 0.3) is 5.91 Å². The number of thiophene rings is 1. The van der Waals surface area contributed by atoms with Gasteiger partial charge < -0.3 is 26.0 Å². The number of aromatic hydroxyl groups is 1. The Balaban J connectivity index is 1.57. The Morgan fingerprint density at radius 3 is 2.58 bits per heavy atom. The lowest BCUT2D eigenvalue weighted by atomic mass is 10.0. The molecule has 0 saturated carbocycles. The van der Waals surface area contributed by atoms with E-state index in [0.717, 1.165) is 37.4 Å². The normalized spacial score (nSPS) is 14.5. The third-order valence-electron chi connectivity index (χ3n) is 5.42. The number of phenolic OH excluding ortho intramolecular Hbond substituents is 1. The largest absolute Gasteiger partial charge is 0.508 e. The van der Waals surface area contributed by atoms with E-state index in [1.165, 1.54) is 35.6 Å². The van der Waals surface area contributed by atoms with Crippen LogP contribution in [0.3, 0.4) is 0 Å². The molecule has 1 aliphatic heterocycles. The first-order valence-electron chi connectivity index (χ1n) is 10.7. The number of benzene rings is 2. The van der Waals surface area contributed by atoms with Gasteiger partial charge in [-0.3, -0.25) is 9.59 Å². The van der Waals surface area contributed by atoms with Gasteiger partial charge in [0, 0.05) is 32.6 Å². The number of hydrogen-bond acceptors (Lipinski definition) is 6. The Labute approximate surface area is 195 Å². The van der Waals surface area contributed by atoms with Crippen molar-refractivity contribution in [3.8, 4) is 5.75 Å². The highest BCUT2D eigenvalue weighted by atomic mass is 32.1. The van der Waals surface area contributed by atoms with Crippen LogP contribution < -0.4 is 20.9 Å². The highest BCUT2D eigenvalue weighted by Gasteiger charge is 2.24. The van der Waals surface area contributed by atoms with Crippen molar-refractivity contribution in [3.63, 3.8) is 0 Å². The lowest BCUT2D eigenvalue weighted by Crippen LogP contribution is -2.46. The molecule has 3 aromatic rings. The fraction of sp³-hybridized carbons (Fsp3) is 0.250. The van der Waals surface area contributed by atoms with Crippen molar-refractivity contribution in [3.05, 3.63) is 76.2 Å². The molecule has 1 aromatic heterocycles. The number of hydrogen-bond donors (Lipinski definition) is 4. The van der Waals surface area contributed by atoms with Crippen molar-refractivity contribution in [2.24, 2.45) is 0 Å². The van der Waals surface area contributed by atoms with Crippen molar-refractivity contribution in [1.29, 1.82) is 0 Å². The molecule has 172 valence electrons. The van der Waals surface area contributed by atoms with Crippen molar-refractivity contribution in [1.82, 2.24) is 10.6 Å². The Morgan fingerprint density at radius 2 is 1.88 bits per heavy atom. The fourth-order valence-corrected chi connectivity index (χ4v) is 4.35. The van der Waals surface area contributed by atoms with Crippen LogP contribution in [0.2, 0.25) is 0 Å². The molecule has 1 aliphatic rings. The minimum atomic E-state index is -0.900.